The molecule has 0 amide bonds. The average molecular weight is 327 g/mol. The van der Waals surface area contributed by atoms with Crippen LogP contribution in [0.2, 0.25) is 0 Å². The van der Waals surface area contributed by atoms with E-state index in [-0.39, 0.29) is 6.04 Å². The van der Waals surface area contributed by atoms with Gasteiger partial charge in [0.15, 0.2) is 0 Å². The minimum atomic E-state index is 0.195. The normalized spacial score (nSPS) is 12.4. The van der Waals surface area contributed by atoms with Crippen LogP contribution in [0, 0.1) is 0 Å². The molecule has 2 aromatic rings. The van der Waals surface area contributed by atoms with E-state index in [1.165, 1.54) is 0 Å². The maximum absolute atomic E-state index is 5.68. The van der Waals surface area contributed by atoms with Crippen molar-refractivity contribution in [1.29, 1.82) is 0 Å². The molecule has 0 bridgehead atoms. The highest BCUT2D eigenvalue weighted by molar-refractivity contribution is 9.10. The molecular formula is C12H15BrN4S. The summed E-state index contributed by atoms with van der Waals surface area (Å²) in [6.45, 7) is 2.78. The van der Waals surface area contributed by atoms with Gasteiger partial charge in [0.25, 0.3) is 0 Å². The molecule has 0 aliphatic heterocycles. The van der Waals surface area contributed by atoms with Crippen molar-refractivity contribution in [3.05, 3.63) is 28.3 Å². The Morgan fingerprint density at radius 1 is 1.44 bits per heavy atom. The van der Waals surface area contributed by atoms with Crippen molar-refractivity contribution in [2.24, 2.45) is 5.73 Å². The Labute approximate surface area is 119 Å². The molecule has 3 N–H and O–H groups in total. The SMILES string of the molecule is CC(N)CCNc1ncc(-c2cc(Br)cs2)cn1. The lowest BCUT2D eigenvalue weighted by molar-refractivity contribution is 0.688. The number of aromatic nitrogens is 2. The molecule has 2 rings (SSSR count). The van der Waals surface area contributed by atoms with Crippen molar-refractivity contribution in [2.45, 2.75) is 19.4 Å². The number of nitrogens with two attached hydrogens (primary N) is 1. The molecule has 0 saturated carbocycles. The monoisotopic (exact) mass is 326 g/mol. The minimum Gasteiger partial charge on any atom is -0.354 e. The van der Waals surface area contributed by atoms with Gasteiger partial charge in [-0.3, -0.25) is 0 Å². The van der Waals surface area contributed by atoms with E-state index < -0.39 is 0 Å². The fourth-order valence-corrected chi connectivity index (χ4v) is 2.83. The van der Waals surface area contributed by atoms with E-state index in [1.807, 2.05) is 24.7 Å². The largest absolute Gasteiger partial charge is 0.354 e. The summed E-state index contributed by atoms with van der Waals surface area (Å²) in [6.07, 6.45) is 4.57. The van der Waals surface area contributed by atoms with Crippen molar-refractivity contribution in [3.63, 3.8) is 0 Å². The third-order valence-electron chi connectivity index (χ3n) is 2.39. The standard InChI is InChI=1S/C12H15BrN4S/c1-8(14)2-3-15-12-16-5-9(6-17-12)11-4-10(13)7-18-11/h4-8H,2-3,14H2,1H3,(H,15,16,17). The molecule has 2 heterocycles. The summed E-state index contributed by atoms with van der Waals surface area (Å²) in [4.78, 5) is 9.74. The Morgan fingerprint density at radius 2 is 2.17 bits per heavy atom. The Balaban J connectivity index is 1.97. The van der Waals surface area contributed by atoms with Gasteiger partial charge in [0.1, 0.15) is 0 Å². The molecule has 0 spiro atoms. The first-order valence-corrected chi connectivity index (χ1v) is 7.38. The Morgan fingerprint density at radius 3 is 2.72 bits per heavy atom. The van der Waals surface area contributed by atoms with Crippen molar-refractivity contribution in [1.82, 2.24) is 9.97 Å². The van der Waals surface area contributed by atoms with Crippen LogP contribution in [0.4, 0.5) is 5.95 Å². The van der Waals surface area contributed by atoms with Gasteiger partial charge >= 0.3 is 0 Å². The number of nitrogens with one attached hydrogen (secondary N) is 1. The van der Waals surface area contributed by atoms with E-state index in [0.29, 0.717) is 5.95 Å². The predicted octanol–water partition coefficient (Wildman–Crippen LogP) is 3.12. The summed E-state index contributed by atoms with van der Waals surface area (Å²) in [7, 11) is 0. The van der Waals surface area contributed by atoms with Gasteiger partial charge in [-0.05, 0) is 35.3 Å². The molecular weight excluding hydrogens is 312 g/mol. The number of rotatable bonds is 5. The summed E-state index contributed by atoms with van der Waals surface area (Å²) >= 11 is 5.10. The van der Waals surface area contributed by atoms with Crippen LogP contribution in [-0.2, 0) is 0 Å². The molecule has 1 atom stereocenters. The first kappa shape index (κ1) is 13.5. The number of halogens is 1. The van der Waals surface area contributed by atoms with E-state index in [1.54, 1.807) is 11.3 Å². The molecule has 0 aliphatic carbocycles. The lowest BCUT2D eigenvalue weighted by Crippen LogP contribution is -2.19. The van der Waals surface area contributed by atoms with Crippen molar-refractivity contribution in [3.8, 4) is 10.4 Å². The minimum absolute atomic E-state index is 0.195. The van der Waals surface area contributed by atoms with Crippen LogP contribution in [0.3, 0.4) is 0 Å². The molecule has 0 aromatic carbocycles. The number of hydrogen-bond acceptors (Lipinski definition) is 5. The number of nitrogens with zero attached hydrogens (tertiary/aromatic N) is 2. The lowest BCUT2D eigenvalue weighted by atomic mass is 10.2. The zero-order chi connectivity index (χ0) is 13.0. The van der Waals surface area contributed by atoms with Gasteiger partial charge in [-0.25, -0.2) is 9.97 Å². The third kappa shape index (κ3) is 3.76. The topological polar surface area (TPSA) is 63.8 Å². The molecule has 2 aromatic heterocycles. The molecule has 4 nitrogen and oxygen atoms in total. The Bertz CT molecular complexity index is 495. The van der Waals surface area contributed by atoms with Crippen LogP contribution < -0.4 is 11.1 Å². The third-order valence-corrected chi connectivity index (χ3v) is 4.13. The van der Waals surface area contributed by atoms with E-state index in [0.717, 1.165) is 27.9 Å². The second-order valence-corrected chi connectivity index (χ2v) is 5.94. The predicted molar refractivity (Wildman–Crippen MR) is 79.8 cm³/mol. The number of anilines is 1. The van der Waals surface area contributed by atoms with Crippen LogP contribution in [0.15, 0.2) is 28.3 Å². The fraction of sp³-hybridized carbons (Fsp3) is 0.333. The smallest absolute Gasteiger partial charge is 0.222 e. The highest BCUT2D eigenvalue weighted by Crippen LogP contribution is 2.28. The number of thiophene rings is 1. The average Bonchev–Trinajstić information content (AvgIpc) is 2.76. The summed E-state index contributed by atoms with van der Waals surface area (Å²) in [5, 5.41) is 5.20. The maximum atomic E-state index is 5.68. The van der Waals surface area contributed by atoms with Crippen LogP contribution >= 0.6 is 27.3 Å². The molecule has 1 unspecified atom stereocenters. The zero-order valence-electron chi connectivity index (χ0n) is 10.1. The summed E-state index contributed by atoms with van der Waals surface area (Å²) in [5.74, 6) is 0.648. The van der Waals surface area contributed by atoms with Crippen LogP contribution in [0.5, 0.6) is 0 Å². The molecule has 6 heteroatoms. The van der Waals surface area contributed by atoms with Gasteiger partial charge in [-0.2, -0.15) is 0 Å². The van der Waals surface area contributed by atoms with E-state index in [4.69, 9.17) is 5.73 Å². The molecule has 18 heavy (non-hydrogen) atoms. The van der Waals surface area contributed by atoms with Crippen LogP contribution in [0.25, 0.3) is 10.4 Å². The summed E-state index contributed by atoms with van der Waals surface area (Å²) in [6, 6.07) is 2.26. The Hall–Kier alpha value is -0.980. The molecule has 0 aliphatic rings. The van der Waals surface area contributed by atoms with Gasteiger partial charge in [0, 0.05) is 45.3 Å². The van der Waals surface area contributed by atoms with Gasteiger partial charge in [0.05, 0.1) is 0 Å². The molecule has 0 fully saturated rings. The quantitative estimate of drug-likeness (QED) is 0.886. The van der Waals surface area contributed by atoms with E-state index in [2.05, 4.69) is 37.3 Å². The first-order valence-electron chi connectivity index (χ1n) is 5.71. The second-order valence-electron chi connectivity index (χ2n) is 4.12. The first-order chi connectivity index (χ1) is 8.65. The van der Waals surface area contributed by atoms with Crippen molar-refractivity contribution >= 4 is 33.2 Å². The maximum Gasteiger partial charge on any atom is 0.222 e. The van der Waals surface area contributed by atoms with Gasteiger partial charge in [0.2, 0.25) is 5.95 Å². The summed E-state index contributed by atoms with van der Waals surface area (Å²) < 4.78 is 1.08. The highest BCUT2D eigenvalue weighted by Gasteiger charge is 2.03. The molecule has 0 saturated heterocycles. The highest BCUT2D eigenvalue weighted by atomic mass is 79.9. The lowest BCUT2D eigenvalue weighted by Gasteiger charge is -2.06. The summed E-state index contributed by atoms with van der Waals surface area (Å²) in [5.41, 5.74) is 6.71. The van der Waals surface area contributed by atoms with Gasteiger partial charge in [-0.1, -0.05) is 0 Å². The zero-order valence-corrected chi connectivity index (χ0v) is 12.5. The van der Waals surface area contributed by atoms with Gasteiger partial charge in [-0.15, -0.1) is 11.3 Å². The van der Waals surface area contributed by atoms with E-state index >= 15 is 0 Å². The Kier molecular flexibility index (Phi) is 4.68. The van der Waals surface area contributed by atoms with Gasteiger partial charge < -0.3 is 11.1 Å². The molecule has 0 radical (unpaired) electrons. The fourth-order valence-electron chi connectivity index (χ4n) is 1.42. The van der Waals surface area contributed by atoms with Crippen molar-refractivity contribution < 1.29 is 0 Å². The second kappa shape index (κ2) is 6.26. The van der Waals surface area contributed by atoms with Crippen LogP contribution in [0.1, 0.15) is 13.3 Å². The van der Waals surface area contributed by atoms with Crippen LogP contribution in [-0.4, -0.2) is 22.6 Å². The number of hydrogen-bond donors (Lipinski definition) is 2. The van der Waals surface area contributed by atoms with Crippen molar-refractivity contribution in [2.75, 3.05) is 11.9 Å². The molecule has 96 valence electrons. The van der Waals surface area contributed by atoms with E-state index in [9.17, 15) is 0 Å².